The fourth-order valence-corrected chi connectivity index (χ4v) is 5.93. The third-order valence-electron chi connectivity index (χ3n) is 5.93. The van der Waals surface area contributed by atoms with Crippen molar-refractivity contribution in [3.63, 3.8) is 0 Å². The molecule has 2 heterocycles. The van der Waals surface area contributed by atoms with E-state index in [1.807, 2.05) is 24.3 Å². The second-order valence-electron chi connectivity index (χ2n) is 8.02. The van der Waals surface area contributed by atoms with E-state index >= 15 is 0 Å². The second-order valence-corrected chi connectivity index (χ2v) is 10.4. The lowest BCUT2D eigenvalue weighted by Crippen LogP contribution is -2.45. The first-order valence-electron chi connectivity index (χ1n) is 10.5. The number of piperazine rings is 1. The van der Waals surface area contributed by atoms with Crippen LogP contribution in [0.3, 0.4) is 0 Å². The minimum Gasteiger partial charge on any atom is -0.367 e. The predicted molar refractivity (Wildman–Crippen MR) is 123 cm³/mol. The Kier molecular flexibility index (Phi) is 6.52. The SMILES string of the molecule is CN1CCN(c2ccccc2NC(=O)[C@@H]2CCCN2S(=O)(=O)c2ccc(Cl)cc2)CC1. The molecule has 166 valence electrons. The largest absolute Gasteiger partial charge is 0.367 e. The lowest BCUT2D eigenvalue weighted by molar-refractivity contribution is -0.119. The van der Waals surface area contributed by atoms with Crippen LogP contribution < -0.4 is 10.2 Å². The lowest BCUT2D eigenvalue weighted by atomic mass is 10.2. The van der Waals surface area contributed by atoms with Gasteiger partial charge in [-0.1, -0.05) is 23.7 Å². The second kappa shape index (κ2) is 9.16. The zero-order chi connectivity index (χ0) is 22.0. The Labute approximate surface area is 188 Å². The number of benzene rings is 2. The van der Waals surface area contributed by atoms with E-state index in [9.17, 15) is 13.2 Å². The van der Waals surface area contributed by atoms with Gasteiger partial charge >= 0.3 is 0 Å². The molecule has 0 aliphatic carbocycles. The van der Waals surface area contributed by atoms with E-state index in [1.165, 1.54) is 16.4 Å². The van der Waals surface area contributed by atoms with Gasteiger partial charge in [-0.25, -0.2) is 8.42 Å². The van der Waals surface area contributed by atoms with Gasteiger partial charge in [-0.3, -0.25) is 4.79 Å². The van der Waals surface area contributed by atoms with Crippen LogP contribution in [0.5, 0.6) is 0 Å². The van der Waals surface area contributed by atoms with Crippen LogP contribution in [0.25, 0.3) is 0 Å². The van der Waals surface area contributed by atoms with Crippen molar-refractivity contribution >= 4 is 38.9 Å². The molecule has 2 aliphatic rings. The normalized spacial score (nSPS) is 20.7. The van der Waals surface area contributed by atoms with Gasteiger partial charge in [0.15, 0.2) is 0 Å². The van der Waals surface area contributed by atoms with E-state index in [0.717, 1.165) is 31.9 Å². The summed E-state index contributed by atoms with van der Waals surface area (Å²) in [5.74, 6) is -0.295. The van der Waals surface area contributed by atoms with Crippen molar-refractivity contribution in [1.29, 1.82) is 0 Å². The highest BCUT2D eigenvalue weighted by molar-refractivity contribution is 7.89. The van der Waals surface area contributed by atoms with Gasteiger partial charge in [0.25, 0.3) is 0 Å². The zero-order valence-electron chi connectivity index (χ0n) is 17.5. The van der Waals surface area contributed by atoms with E-state index in [-0.39, 0.29) is 10.8 Å². The number of likely N-dealkylation sites (N-methyl/N-ethyl adjacent to an activating group) is 1. The van der Waals surface area contributed by atoms with Crippen molar-refractivity contribution in [3.05, 3.63) is 53.6 Å². The summed E-state index contributed by atoms with van der Waals surface area (Å²) in [6, 6.07) is 13.0. The number of rotatable bonds is 5. The Balaban J connectivity index is 1.53. The highest BCUT2D eigenvalue weighted by Crippen LogP contribution is 2.30. The highest BCUT2D eigenvalue weighted by Gasteiger charge is 2.39. The standard InChI is InChI=1S/C22H27ClN4O3S/c1-25-13-15-26(16-14-25)20-6-3-2-5-19(20)24-22(28)21-7-4-12-27(21)31(29,30)18-10-8-17(23)9-11-18/h2-3,5-6,8-11,21H,4,7,12-16H2,1H3,(H,24,28)/t21-/m0/s1. The van der Waals surface area contributed by atoms with Gasteiger partial charge in [0.05, 0.1) is 16.3 Å². The molecule has 9 heteroatoms. The topological polar surface area (TPSA) is 73.0 Å². The number of nitrogens with zero attached hydrogens (tertiary/aromatic N) is 3. The smallest absolute Gasteiger partial charge is 0.243 e. The van der Waals surface area contributed by atoms with Crippen LogP contribution in [-0.2, 0) is 14.8 Å². The average molecular weight is 463 g/mol. The van der Waals surface area contributed by atoms with Gasteiger partial charge in [-0.15, -0.1) is 0 Å². The molecule has 1 amide bonds. The molecule has 2 aliphatic heterocycles. The van der Waals surface area contributed by atoms with Gasteiger partial charge in [0.1, 0.15) is 6.04 Å². The third kappa shape index (κ3) is 4.72. The Hall–Kier alpha value is -2.13. The number of sulfonamides is 1. The van der Waals surface area contributed by atoms with Crippen molar-refractivity contribution in [1.82, 2.24) is 9.21 Å². The van der Waals surface area contributed by atoms with Crippen LogP contribution in [0.4, 0.5) is 11.4 Å². The van der Waals surface area contributed by atoms with E-state index in [1.54, 1.807) is 12.1 Å². The molecule has 0 saturated carbocycles. The molecule has 7 nitrogen and oxygen atoms in total. The third-order valence-corrected chi connectivity index (χ3v) is 8.11. The quantitative estimate of drug-likeness (QED) is 0.739. The Morgan fingerprint density at radius 1 is 1.00 bits per heavy atom. The molecule has 0 unspecified atom stereocenters. The number of hydrogen-bond acceptors (Lipinski definition) is 5. The van der Waals surface area contributed by atoms with Crippen LogP contribution in [-0.4, -0.2) is 69.3 Å². The van der Waals surface area contributed by atoms with Gasteiger partial charge in [-0.2, -0.15) is 4.31 Å². The zero-order valence-corrected chi connectivity index (χ0v) is 19.1. The monoisotopic (exact) mass is 462 g/mol. The number of hydrogen-bond donors (Lipinski definition) is 1. The van der Waals surface area contributed by atoms with Crippen molar-refractivity contribution < 1.29 is 13.2 Å². The summed E-state index contributed by atoms with van der Waals surface area (Å²) in [6.07, 6.45) is 1.14. The molecule has 2 fully saturated rings. The van der Waals surface area contributed by atoms with E-state index in [0.29, 0.717) is 30.1 Å². The molecule has 2 saturated heterocycles. The highest BCUT2D eigenvalue weighted by atomic mass is 35.5. The average Bonchev–Trinajstić information content (AvgIpc) is 3.26. The molecular formula is C22H27ClN4O3S. The first-order valence-corrected chi connectivity index (χ1v) is 12.3. The summed E-state index contributed by atoms with van der Waals surface area (Å²) in [7, 11) is -1.68. The maximum absolute atomic E-state index is 13.2. The van der Waals surface area contributed by atoms with Crippen molar-refractivity contribution in [2.45, 2.75) is 23.8 Å². The Morgan fingerprint density at radius 3 is 2.39 bits per heavy atom. The molecule has 2 aromatic carbocycles. The summed E-state index contributed by atoms with van der Waals surface area (Å²) in [5.41, 5.74) is 1.68. The summed E-state index contributed by atoms with van der Waals surface area (Å²) >= 11 is 5.90. The van der Waals surface area contributed by atoms with E-state index in [2.05, 4.69) is 22.2 Å². The number of nitrogens with one attached hydrogen (secondary N) is 1. The molecule has 2 aromatic rings. The number of amides is 1. The van der Waals surface area contributed by atoms with Gasteiger partial charge in [-0.05, 0) is 56.3 Å². The molecule has 4 rings (SSSR count). The predicted octanol–water partition coefficient (Wildman–Crippen LogP) is 2.88. The number of carbonyl (C=O) groups is 1. The fraction of sp³-hybridized carbons (Fsp3) is 0.409. The minimum absolute atomic E-state index is 0.148. The molecule has 0 bridgehead atoms. The molecule has 1 N–H and O–H groups in total. The Bertz CT molecular complexity index is 1040. The van der Waals surface area contributed by atoms with Crippen LogP contribution in [0, 0.1) is 0 Å². The molecule has 0 aromatic heterocycles. The van der Waals surface area contributed by atoms with E-state index < -0.39 is 16.1 Å². The van der Waals surface area contributed by atoms with E-state index in [4.69, 9.17) is 11.6 Å². The van der Waals surface area contributed by atoms with Crippen molar-refractivity contribution in [2.75, 3.05) is 50.0 Å². The van der Waals surface area contributed by atoms with Crippen molar-refractivity contribution in [2.24, 2.45) is 0 Å². The Morgan fingerprint density at radius 2 is 1.68 bits per heavy atom. The summed E-state index contributed by atoms with van der Waals surface area (Å²) in [4.78, 5) is 17.9. The molecule has 1 atom stereocenters. The summed E-state index contributed by atoms with van der Waals surface area (Å²) < 4.78 is 27.6. The molecular weight excluding hydrogens is 436 g/mol. The molecule has 0 spiro atoms. The van der Waals surface area contributed by atoms with Gasteiger partial charge in [0.2, 0.25) is 15.9 Å². The van der Waals surface area contributed by atoms with Crippen LogP contribution >= 0.6 is 11.6 Å². The number of anilines is 2. The maximum atomic E-state index is 13.2. The molecule has 0 radical (unpaired) electrons. The van der Waals surface area contributed by atoms with Gasteiger partial charge in [0, 0.05) is 37.7 Å². The summed E-state index contributed by atoms with van der Waals surface area (Å²) in [6.45, 7) is 3.99. The first-order chi connectivity index (χ1) is 14.9. The minimum atomic E-state index is -3.78. The fourth-order valence-electron chi connectivity index (χ4n) is 4.15. The molecule has 31 heavy (non-hydrogen) atoms. The summed E-state index contributed by atoms with van der Waals surface area (Å²) in [5, 5.41) is 3.47. The van der Waals surface area contributed by atoms with Gasteiger partial charge < -0.3 is 15.1 Å². The number of para-hydroxylation sites is 2. The maximum Gasteiger partial charge on any atom is 0.243 e. The van der Waals surface area contributed by atoms with Crippen LogP contribution in [0.15, 0.2) is 53.4 Å². The van der Waals surface area contributed by atoms with Crippen molar-refractivity contribution in [3.8, 4) is 0 Å². The number of carbonyl (C=O) groups excluding carboxylic acids is 1. The number of halogens is 1. The lowest BCUT2D eigenvalue weighted by Gasteiger charge is -2.35. The van der Waals surface area contributed by atoms with Crippen LogP contribution in [0.2, 0.25) is 5.02 Å². The van der Waals surface area contributed by atoms with Crippen LogP contribution in [0.1, 0.15) is 12.8 Å². The first kappa shape index (κ1) is 22.1.